The predicted octanol–water partition coefficient (Wildman–Crippen LogP) is 3.43. The van der Waals surface area contributed by atoms with E-state index in [1.54, 1.807) is 6.07 Å². The topological polar surface area (TPSA) is 30.2 Å². The van der Waals surface area contributed by atoms with Crippen molar-refractivity contribution in [3.63, 3.8) is 0 Å². The molecule has 2 nitrogen and oxygen atoms in total. The normalized spacial score (nSPS) is 10.8. The van der Waals surface area contributed by atoms with Gasteiger partial charge in [-0.3, -0.25) is 4.79 Å². The second-order valence-electron chi connectivity index (χ2n) is 2.97. The van der Waals surface area contributed by atoms with E-state index in [0.717, 1.165) is 6.07 Å². The van der Waals surface area contributed by atoms with Gasteiger partial charge in [0.25, 0.3) is 0 Å². The second kappa shape index (κ2) is 3.10. The first-order valence-corrected chi connectivity index (χ1v) is 4.35. The van der Waals surface area contributed by atoms with Crippen LogP contribution in [0.25, 0.3) is 11.0 Å². The number of benzene rings is 1. The molecule has 1 aromatic heterocycles. The third-order valence-electron chi connectivity index (χ3n) is 1.88. The van der Waals surface area contributed by atoms with Crippen molar-refractivity contribution in [3.05, 3.63) is 34.8 Å². The summed E-state index contributed by atoms with van der Waals surface area (Å²) in [7, 11) is 0. The highest BCUT2D eigenvalue weighted by molar-refractivity contribution is 6.31. The van der Waals surface area contributed by atoms with E-state index in [9.17, 15) is 9.18 Å². The van der Waals surface area contributed by atoms with Gasteiger partial charge >= 0.3 is 0 Å². The zero-order valence-electron chi connectivity index (χ0n) is 7.30. The van der Waals surface area contributed by atoms with Crippen LogP contribution in [0.2, 0.25) is 5.02 Å². The maximum absolute atomic E-state index is 13.2. The van der Waals surface area contributed by atoms with Gasteiger partial charge in [-0.2, -0.15) is 0 Å². The maximum atomic E-state index is 13.2. The Balaban J connectivity index is 2.76. The van der Waals surface area contributed by atoms with Crippen molar-refractivity contribution >= 4 is 28.4 Å². The molecular formula is C10H6ClFO2. The number of fused-ring (bicyclic) bond motifs is 1. The molecular weight excluding hydrogens is 207 g/mol. The Morgan fingerprint density at radius 1 is 1.43 bits per heavy atom. The molecule has 0 unspecified atom stereocenters. The molecule has 0 bridgehead atoms. The number of hydrogen-bond donors (Lipinski definition) is 0. The summed E-state index contributed by atoms with van der Waals surface area (Å²) in [6.07, 6.45) is 0. The summed E-state index contributed by atoms with van der Waals surface area (Å²) in [6.45, 7) is 1.36. The summed E-state index contributed by atoms with van der Waals surface area (Å²) in [5, 5.41) is 0.783. The largest absolute Gasteiger partial charge is 0.450 e. The minimum absolute atomic E-state index is 0.0691. The van der Waals surface area contributed by atoms with Crippen molar-refractivity contribution in [2.45, 2.75) is 6.92 Å². The number of Topliss-reactive ketones (excluding diaryl/α,β-unsaturated/α-hetero) is 1. The van der Waals surface area contributed by atoms with Gasteiger partial charge in [-0.15, -0.1) is 0 Å². The first-order chi connectivity index (χ1) is 6.58. The van der Waals surface area contributed by atoms with Crippen LogP contribution in [0.4, 0.5) is 4.39 Å². The van der Waals surface area contributed by atoms with Gasteiger partial charge < -0.3 is 4.42 Å². The van der Waals surface area contributed by atoms with Crippen LogP contribution in [0, 0.1) is 5.82 Å². The molecule has 0 spiro atoms. The fourth-order valence-electron chi connectivity index (χ4n) is 1.25. The molecule has 1 aromatic carbocycles. The Kier molecular flexibility index (Phi) is 2.04. The monoisotopic (exact) mass is 212 g/mol. The Labute approximate surface area is 84.3 Å². The van der Waals surface area contributed by atoms with Crippen LogP contribution in [-0.2, 0) is 0 Å². The number of carbonyl (C=O) groups excluding carboxylic acids is 1. The SMILES string of the molecule is CC(=O)c1cc2cc(Cl)cc(F)c2o1. The van der Waals surface area contributed by atoms with Crippen molar-refractivity contribution in [3.8, 4) is 0 Å². The summed E-state index contributed by atoms with van der Waals surface area (Å²) in [4.78, 5) is 11.0. The van der Waals surface area contributed by atoms with E-state index in [1.165, 1.54) is 13.0 Å². The molecule has 2 rings (SSSR count). The second-order valence-corrected chi connectivity index (χ2v) is 3.41. The van der Waals surface area contributed by atoms with Gasteiger partial charge in [0.1, 0.15) is 0 Å². The van der Waals surface area contributed by atoms with Crippen LogP contribution in [0.15, 0.2) is 22.6 Å². The van der Waals surface area contributed by atoms with Crippen molar-refractivity contribution in [1.82, 2.24) is 0 Å². The van der Waals surface area contributed by atoms with Crippen LogP contribution >= 0.6 is 11.6 Å². The molecule has 2 aromatic rings. The minimum Gasteiger partial charge on any atom is -0.450 e. The third kappa shape index (κ3) is 1.40. The maximum Gasteiger partial charge on any atom is 0.194 e. The molecule has 0 saturated heterocycles. The molecule has 4 heteroatoms. The number of carbonyl (C=O) groups is 1. The van der Waals surface area contributed by atoms with Crippen molar-refractivity contribution in [2.75, 3.05) is 0 Å². The lowest BCUT2D eigenvalue weighted by molar-refractivity contribution is 0.0989. The Bertz CT molecular complexity index is 516. The zero-order valence-corrected chi connectivity index (χ0v) is 8.06. The van der Waals surface area contributed by atoms with Crippen molar-refractivity contribution in [2.24, 2.45) is 0 Å². The van der Waals surface area contributed by atoms with Gasteiger partial charge in [0.15, 0.2) is 22.9 Å². The number of halogens is 2. The fourth-order valence-corrected chi connectivity index (χ4v) is 1.46. The van der Waals surface area contributed by atoms with Gasteiger partial charge in [0.05, 0.1) is 0 Å². The molecule has 0 atom stereocenters. The Hall–Kier alpha value is -1.35. The van der Waals surface area contributed by atoms with E-state index in [4.69, 9.17) is 16.0 Å². The lowest BCUT2D eigenvalue weighted by Crippen LogP contribution is -1.85. The lowest BCUT2D eigenvalue weighted by Gasteiger charge is -1.91. The van der Waals surface area contributed by atoms with Crippen molar-refractivity contribution < 1.29 is 13.6 Å². The van der Waals surface area contributed by atoms with Gasteiger partial charge in [0.2, 0.25) is 0 Å². The molecule has 0 aliphatic carbocycles. The Morgan fingerprint density at radius 3 is 2.79 bits per heavy atom. The number of ketones is 1. The molecule has 0 N–H and O–H groups in total. The number of furan rings is 1. The molecule has 0 saturated carbocycles. The smallest absolute Gasteiger partial charge is 0.194 e. The zero-order chi connectivity index (χ0) is 10.3. The summed E-state index contributed by atoms with van der Waals surface area (Å²) >= 11 is 5.65. The van der Waals surface area contributed by atoms with Crippen molar-refractivity contribution in [1.29, 1.82) is 0 Å². The summed E-state index contributed by atoms with van der Waals surface area (Å²) in [5.74, 6) is -0.655. The van der Waals surface area contributed by atoms with E-state index in [2.05, 4.69) is 0 Å². The van der Waals surface area contributed by atoms with Crippen LogP contribution < -0.4 is 0 Å². The van der Waals surface area contributed by atoms with Gasteiger partial charge in [-0.05, 0) is 18.2 Å². The van der Waals surface area contributed by atoms with Crippen LogP contribution in [0.1, 0.15) is 17.5 Å². The molecule has 14 heavy (non-hydrogen) atoms. The van der Waals surface area contributed by atoms with E-state index in [1.807, 2.05) is 0 Å². The summed E-state index contributed by atoms with van der Waals surface area (Å²) in [6, 6.07) is 4.18. The molecule has 72 valence electrons. The van der Waals surface area contributed by atoms with Gasteiger partial charge in [0, 0.05) is 17.3 Å². The summed E-state index contributed by atoms with van der Waals surface area (Å²) < 4.78 is 18.3. The Morgan fingerprint density at radius 2 is 2.14 bits per heavy atom. The highest BCUT2D eigenvalue weighted by atomic mass is 35.5. The highest BCUT2D eigenvalue weighted by Gasteiger charge is 2.11. The predicted molar refractivity (Wildman–Crippen MR) is 51.2 cm³/mol. The quantitative estimate of drug-likeness (QED) is 0.678. The number of hydrogen-bond acceptors (Lipinski definition) is 2. The van der Waals surface area contributed by atoms with E-state index in [0.29, 0.717) is 5.39 Å². The highest BCUT2D eigenvalue weighted by Crippen LogP contribution is 2.26. The molecule has 0 fully saturated rings. The molecule has 1 heterocycles. The van der Waals surface area contributed by atoms with E-state index in [-0.39, 0.29) is 22.1 Å². The molecule has 0 aliphatic rings. The lowest BCUT2D eigenvalue weighted by atomic mass is 10.2. The first-order valence-electron chi connectivity index (χ1n) is 3.97. The first kappa shape index (κ1) is 9.21. The third-order valence-corrected chi connectivity index (χ3v) is 2.10. The summed E-state index contributed by atoms with van der Waals surface area (Å²) in [5.41, 5.74) is 0.0691. The van der Waals surface area contributed by atoms with E-state index >= 15 is 0 Å². The standard InChI is InChI=1S/C10H6ClFO2/c1-5(13)9-3-6-2-7(11)4-8(12)10(6)14-9/h2-4H,1H3. The molecule has 0 radical (unpaired) electrons. The van der Waals surface area contributed by atoms with Gasteiger partial charge in [-0.25, -0.2) is 4.39 Å². The van der Waals surface area contributed by atoms with Crippen LogP contribution in [0.5, 0.6) is 0 Å². The van der Waals surface area contributed by atoms with Crippen LogP contribution in [-0.4, -0.2) is 5.78 Å². The average molecular weight is 213 g/mol. The number of rotatable bonds is 1. The molecule has 0 aliphatic heterocycles. The van der Waals surface area contributed by atoms with E-state index < -0.39 is 5.82 Å². The average Bonchev–Trinajstić information content (AvgIpc) is 2.47. The minimum atomic E-state index is -0.556. The fraction of sp³-hybridized carbons (Fsp3) is 0.100. The van der Waals surface area contributed by atoms with Gasteiger partial charge in [-0.1, -0.05) is 11.6 Å². The van der Waals surface area contributed by atoms with Crippen LogP contribution in [0.3, 0.4) is 0 Å². The molecule has 0 amide bonds.